The second kappa shape index (κ2) is 6.28. The molecule has 0 radical (unpaired) electrons. The first-order valence-corrected chi connectivity index (χ1v) is 7.98. The van der Waals surface area contributed by atoms with Gasteiger partial charge in [0, 0.05) is 16.5 Å². The van der Waals surface area contributed by atoms with Gasteiger partial charge in [-0.2, -0.15) is 0 Å². The zero-order valence-electron chi connectivity index (χ0n) is 12.0. The highest BCUT2D eigenvalue weighted by atomic mass is 79.9. The van der Waals surface area contributed by atoms with Crippen LogP contribution in [0.25, 0.3) is 22.2 Å². The Morgan fingerprint density at radius 3 is 2.59 bits per heavy atom. The zero-order valence-corrected chi connectivity index (χ0v) is 13.6. The summed E-state index contributed by atoms with van der Waals surface area (Å²) in [5.74, 6) is 0.739. The molecule has 0 bridgehead atoms. The first-order valence-electron chi connectivity index (χ1n) is 6.86. The van der Waals surface area contributed by atoms with Crippen molar-refractivity contribution in [3.8, 4) is 17.0 Å². The van der Waals surface area contributed by atoms with E-state index in [1.807, 2.05) is 54.6 Å². The molecule has 0 amide bonds. The molecule has 22 heavy (non-hydrogen) atoms. The van der Waals surface area contributed by atoms with E-state index in [4.69, 9.17) is 4.74 Å². The second-order valence-electron chi connectivity index (χ2n) is 4.86. The zero-order chi connectivity index (χ0) is 15.5. The van der Waals surface area contributed by atoms with Crippen molar-refractivity contribution in [3.05, 3.63) is 60.2 Å². The highest BCUT2D eigenvalue weighted by molar-refractivity contribution is 9.09. The number of methoxy groups -OCH3 is 1. The Hall–Kier alpha value is -2.20. The normalized spacial score (nSPS) is 10.6. The van der Waals surface area contributed by atoms with Crippen molar-refractivity contribution in [1.29, 1.82) is 0 Å². The van der Waals surface area contributed by atoms with E-state index in [1.165, 1.54) is 0 Å². The van der Waals surface area contributed by atoms with E-state index < -0.39 is 0 Å². The van der Waals surface area contributed by atoms with Crippen LogP contribution in [0.5, 0.6) is 5.75 Å². The van der Waals surface area contributed by atoms with Gasteiger partial charge in [0.2, 0.25) is 0 Å². The molecule has 2 aromatic carbocycles. The minimum Gasteiger partial charge on any atom is -0.497 e. The van der Waals surface area contributed by atoms with E-state index in [9.17, 15) is 4.79 Å². The van der Waals surface area contributed by atoms with Crippen LogP contribution >= 0.6 is 15.9 Å². The van der Waals surface area contributed by atoms with Crippen LogP contribution in [0.2, 0.25) is 0 Å². The summed E-state index contributed by atoms with van der Waals surface area (Å²) in [7, 11) is 1.61. The average Bonchev–Trinajstić information content (AvgIpc) is 2.60. The van der Waals surface area contributed by atoms with Gasteiger partial charge in [-0.3, -0.25) is 4.79 Å². The lowest BCUT2D eigenvalue weighted by Crippen LogP contribution is -2.03. The number of rotatable bonds is 4. The lowest BCUT2D eigenvalue weighted by Gasteiger charge is -2.10. The van der Waals surface area contributed by atoms with Gasteiger partial charge in [0.25, 0.3) is 0 Å². The number of nitrogens with zero attached hydrogens (tertiary/aromatic N) is 1. The van der Waals surface area contributed by atoms with Crippen molar-refractivity contribution >= 4 is 32.6 Å². The second-order valence-corrected chi connectivity index (χ2v) is 5.42. The van der Waals surface area contributed by atoms with Gasteiger partial charge >= 0.3 is 0 Å². The van der Waals surface area contributed by atoms with Crippen LogP contribution in [0.3, 0.4) is 0 Å². The summed E-state index contributed by atoms with van der Waals surface area (Å²) in [4.78, 5) is 17.0. The van der Waals surface area contributed by atoms with Gasteiger partial charge < -0.3 is 4.74 Å². The molecule has 110 valence electrons. The van der Waals surface area contributed by atoms with Crippen molar-refractivity contribution in [2.75, 3.05) is 12.4 Å². The number of Topliss-reactive ketones (excluding diaryl/α,β-unsaturated/α-hetero) is 1. The van der Waals surface area contributed by atoms with E-state index >= 15 is 0 Å². The minimum atomic E-state index is 0.0258. The number of hydrogen-bond donors (Lipinski definition) is 0. The van der Waals surface area contributed by atoms with Gasteiger partial charge in [0.15, 0.2) is 5.78 Å². The van der Waals surface area contributed by atoms with Crippen LogP contribution in [0.15, 0.2) is 54.6 Å². The van der Waals surface area contributed by atoms with E-state index in [0.29, 0.717) is 11.3 Å². The molecule has 0 aliphatic rings. The molecule has 0 atom stereocenters. The molecule has 0 spiro atoms. The Morgan fingerprint density at radius 2 is 1.91 bits per heavy atom. The van der Waals surface area contributed by atoms with Crippen molar-refractivity contribution in [1.82, 2.24) is 4.98 Å². The maximum atomic E-state index is 12.3. The molecule has 0 aliphatic heterocycles. The molecular formula is C18H14BrNO2. The molecule has 0 saturated carbocycles. The van der Waals surface area contributed by atoms with Crippen LogP contribution < -0.4 is 4.74 Å². The predicted molar refractivity (Wildman–Crippen MR) is 91.9 cm³/mol. The number of ketones is 1. The van der Waals surface area contributed by atoms with Crippen LogP contribution in [0, 0.1) is 0 Å². The van der Waals surface area contributed by atoms with E-state index in [-0.39, 0.29) is 11.1 Å². The topological polar surface area (TPSA) is 39.2 Å². The van der Waals surface area contributed by atoms with Crippen LogP contribution in [-0.2, 0) is 0 Å². The van der Waals surface area contributed by atoms with Crippen LogP contribution in [0.4, 0.5) is 0 Å². The third-order valence-corrected chi connectivity index (χ3v) is 4.02. The van der Waals surface area contributed by atoms with Crippen LogP contribution in [0.1, 0.15) is 10.4 Å². The third kappa shape index (κ3) is 2.74. The lowest BCUT2D eigenvalue weighted by molar-refractivity contribution is 0.102. The van der Waals surface area contributed by atoms with Gasteiger partial charge in [-0.05, 0) is 24.3 Å². The number of benzene rings is 2. The van der Waals surface area contributed by atoms with Gasteiger partial charge in [-0.25, -0.2) is 4.98 Å². The Labute approximate surface area is 137 Å². The van der Waals surface area contributed by atoms with Crippen molar-refractivity contribution in [2.45, 2.75) is 0 Å². The largest absolute Gasteiger partial charge is 0.497 e. The number of alkyl halides is 1. The maximum absolute atomic E-state index is 12.3. The molecule has 0 fully saturated rings. The Bertz CT molecular complexity index is 831. The number of aromatic nitrogens is 1. The fraction of sp³-hybridized carbons (Fsp3) is 0.111. The molecule has 1 heterocycles. The number of fused-ring (bicyclic) bond motifs is 1. The van der Waals surface area contributed by atoms with Crippen molar-refractivity contribution in [3.63, 3.8) is 0 Å². The monoisotopic (exact) mass is 355 g/mol. The number of hydrogen-bond acceptors (Lipinski definition) is 3. The Morgan fingerprint density at radius 1 is 1.14 bits per heavy atom. The molecule has 3 rings (SSSR count). The molecule has 0 N–H and O–H groups in total. The molecular weight excluding hydrogens is 342 g/mol. The fourth-order valence-electron chi connectivity index (χ4n) is 2.39. The smallest absolute Gasteiger partial charge is 0.174 e. The Kier molecular flexibility index (Phi) is 4.20. The Balaban J connectivity index is 2.28. The molecule has 0 aliphatic carbocycles. The first-order chi connectivity index (χ1) is 10.7. The summed E-state index contributed by atoms with van der Waals surface area (Å²) < 4.78 is 5.25. The van der Waals surface area contributed by atoms with Crippen LogP contribution in [-0.4, -0.2) is 23.2 Å². The van der Waals surface area contributed by atoms with Gasteiger partial charge in [0.05, 0.1) is 23.7 Å². The summed E-state index contributed by atoms with van der Waals surface area (Å²) in [6.45, 7) is 0. The molecule has 0 unspecified atom stereocenters. The van der Waals surface area contributed by atoms with Gasteiger partial charge in [0.1, 0.15) is 5.75 Å². The molecule has 0 saturated heterocycles. The SMILES string of the molecule is COc1ccc2nc(-c3ccccc3)cc(C(=O)CBr)c2c1. The number of carbonyl (C=O) groups is 1. The highest BCUT2D eigenvalue weighted by Crippen LogP contribution is 2.28. The van der Waals surface area contributed by atoms with E-state index in [2.05, 4.69) is 20.9 Å². The van der Waals surface area contributed by atoms with Crippen molar-refractivity contribution in [2.24, 2.45) is 0 Å². The number of ether oxygens (including phenoxy) is 1. The highest BCUT2D eigenvalue weighted by Gasteiger charge is 2.13. The lowest BCUT2D eigenvalue weighted by atomic mass is 10.0. The fourth-order valence-corrected chi connectivity index (χ4v) is 2.69. The number of pyridine rings is 1. The van der Waals surface area contributed by atoms with Gasteiger partial charge in [-0.1, -0.05) is 46.3 Å². The van der Waals surface area contributed by atoms with E-state index in [0.717, 1.165) is 22.2 Å². The minimum absolute atomic E-state index is 0.0258. The summed E-state index contributed by atoms with van der Waals surface area (Å²) in [6, 6.07) is 17.3. The average molecular weight is 356 g/mol. The number of halogens is 1. The summed E-state index contributed by atoms with van der Waals surface area (Å²) >= 11 is 3.25. The number of carbonyl (C=O) groups excluding carboxylic acids is 1. The van der Waals surface area contributed by atoms with Crippen molar-refractivity contribution < 1.29 is 9.53 Å². The quantitative estimate of drug-likeness (QED) is 0.511. The summed E-state index contributed by atoms with van der Waals surface area (Å²) in [5, 5.41) is 1.08. The van der Waals surface area contributed by atoms with E-state index in [1.54, 1.807) is 7.11 Å². The standard InChI is InChI=1S/C18H14BrNO2/c1-22-13-7-8-16-14(9-13)15(18(21)11-19)10-17(20-16)12-5-3-2-4-6-12/h2-10H,11H2,1H3. The molecule has 3 aromatic rings. The molecule has 3 nitrogen and oxygen atoms in total. The summed E-state index contributed by atoms with van der Waals surface area (Å²) in [6.07, 6.45) is 0. The maximum Gasteiger partial charge on any atom is 0.174 e. The van der Waals surface area contributed by atoms with Gasteiger partial charge in [-0.15, -0.1) is 0 Å². The molecule has 4 heteroatoms. The molecule has 1 aromatic heterocycles. The summed E-state index contributed by atoms with van der Waals surface area (Å²) in [5.41, 5.74) is 3.22. The first kappa shape index (κ1) is 14.7. The third-order valence-electron chi connectivity index (χ3n) is 3.51. The predicted octanol–water partition coefficient (Wildman–Crippen LogP) is 4.49.